The van der Waals surface area contributed by atoms with E-state index in [1.54, 1.807) is 0 Å². The average molecular weight is 788 g/mol. The maximum absolute atomic E-state index is 12.4. The Bertz CT molecular complexity index is 1700. The zero-order chi connectivity index (χ0) is 38.4. The summed E-state index contributed by atoms with van der Waals surface area (Å²) in [6, 6.07) is 0. The minimum Gasteiger partial charge on any atom is -0.790 e. The standard InChI is InChI=1S/C24H40N7O17P3/c1-13(32)5-4-7-26-15(33)6-8-27-22(36)19(35)24(2,3)10-45-51(42,43)48-50(40,41)44-9-14-18(47-49(37,38)39)17(34)23(46-14)31-12-30-16-20(25)28-11-29-21(16)31/h11-12,14,17-19,23,34-35H,4-10H2,1-3H3,(H,26,33)(H,27,36)(H,40,41)(H,42,43)(H2,25,28,29)(H2,37,38,39)/p-4/t14-,17-,18-,19+,23-/m1/s1. The van der Waals surface area contributed by atoms with Crippen LogP contribution in [0.15, 0.2) is 12.7 Å². The van der Waals surface area contributed by atoms with E-state index < -0.39 is 84.6 Å². The number of phosphoric ester groups is 3. The van der Waals surface area contributed by atoms with Crippen molar-refractivity contribution in [2.75, 3.05) is 32.0 Å². The second-order valence-electron chi connectivity index (χ2n) is 11.8. The summed E-state index contributed by atoms with van der Waals surface area (Å²) in [7, 11) is -17.6. The molecule has 27 heteroatoms. The number of imidazole rings is 1. The number of rotatable bonds is 20. The lowest BCUT2D eigenvalue weighted by Gasteiger charge is -2.36. The molecule has 2 amide bonds. The monoisotopic (exact) mass is 787 g/mol. The van der Waals surface area contributed by atoms with Crippen LogP contribution in [0.4, 0.5) is 5.82 Å². The predicted octanol–water partition coefficient (Wildman–Crippen LogP) is -3.75. The quantitative estimate of drug-likeness (QED) is 0.0635. The summed E-state index contributed by atoms with van der Waals surface area (Å²) < 4.78 is 60.2. The zero-order valence-electron chi connectivity index (χ0n) is 27.2. The van der Waals surface area contributed by atoms with Gasteiger partial charge in [0.1, 0.15) is 42.0 Å². The number of Topliss-reactive ketones (excluding diaryl/α,β-unsaturated/α-hetero) is 1. The molecule has 0 spiro atoms. The van der Waals surface area contributed by atoms with E-state index in [0.29, 0.717) is 6.42 Å². The van der Waals surface area contributed by atoms with Gasteiger partial charge in [0.2, 0.25) is 11.8 Å². The van der Waals surface area contributed by atoms with Gasteiger partial charge in [-0.25, -0.2) is 19.3 Å². The number of nitrogens with one attached hydrogen (secondary N) is 2. The molecule has 1 aliphatic rings. The van der Waals surface area contributed by atoms with Gasteiger partial charge in [-0.3, -0.25) is 23.3 Å². The molecule has 0 radical (unpaired) electrons. The lowest BCUT2D eigenvalue weighted by atomic mass is 9.87. The van der Waals surface area contributed by atoms with Crippen molar-refractivity contribution in [3.05, 3.63) is 12.7 Å². The van der Waals surface area contributed by atoms with Gasteiger partial charge >= 0.3 is 0 Å². The summed E-state index contributed by atoms with van der Waals surface area (Å²) in [5.41, 5.74) is 4.07. The molecule has 3 heterocycles. The third-order valence-corrected chi connectivity index (χ3v) is 10.1. The van der Waals surface area contributed by atoms with Gasteiger partial charge < -0.3 is 73.8 Å². The maximum atomic E-state index is 12.4. The summed E-state index contributed by atoms with van der Waals surface area (Å²) in [6.45, 7) is 1.58. The molecule has 3 rings (SSSR count). The number of nitrogen functional groups attached to an aromatic ring is 1. The Hall–Kier alpha value is -2.79. The molecule has 1 fully saturated rings. The Morgan fingerprint density at radius 2 is 1.73 bits per heavy atom. The highest BCUT2D eigenvalue weighted by Gasteiger charge is 2.47. The number of nitrogens with zero attached hydrogens (tertiary/aromatic N) is 4. The van der Waals surface area contributed by atoms with Crippen molar-refractivity contribution >= 4 is 58.0 Å². The number of amides is 2. The number of aliphatic hydroxyl groups is 2. The van der Waals surface area contributed by atoms with Crippen LogP contribution in [0, 0.1) is 5.41 Å². The Labute approximate surface area is 289 Å². The van der Waals surface area contributed by atoms with Crippen LogP contribution in [-0.2, 0) is 50.7 Å². The SMILES string of the molecule is CC(=O)CCCNC(=O)CCNC(=O)[C@H](O)C(C)(C)COP(=O)([O-])OP(=O)([O-])OC[C@H]1O[C@@H](n2cnc3c(N)ncnc32)[C@H](O)[C@@H]1OP(=O)([O-])[O-]. The van der Waals surface area contributed by atoms with Crippen LogP contribution in [0.3, 0.4) is 0 Å². The number of carbonyl (C=O) groups excluding carboxylic acids is 3. The van der Waals surface area contributed by atoms with Gasteiger partial charge in [0, 0.05) is 31.3 Å². The van der Waals surface area contributed by atoms with Crippen LogP contribution in [0.2, 0.25) is 0 Å². The normalized spacial score (nSPS) is 22.6. The Balaban J connectivity index is 1.55. The number of carbonyl (C=O) groups is 3. The number of aliphatic hydroxyl groups excluding tert-OH is 2. The van der Waals surface area contributed by atoms with Gasteiger partial charge in [-0.2, -0.15) is 0 Å². The molecule has 2 aromatic heterocycles. The first-order valence-corrected chi connectivity index (χ1v) is 19.2. The van der Waals surface area contributed by atoms with Crippen LogP contribution in [0.5, 0.6) is 0 Å². The minimum absolute atomic E-state index is 0.0202. The van der Waals surface area contributed by atoms with Crippen molar-refractivity contribution in [1.82, 2.24) is 30.2 Å². The van der Waals surface area contributed by atoms with E-state index >= 15 is 0 Å². The van der Waals surface area contributed by atoms with Gasteiger partial charge in [0.05, 0.1) is 27.4 Å². The molecular formula is C24H36N7O17P3-4. The van der Waals surface area contributed by atoms with E-state index in [1.807, 2.05) is 0 Å². The van der Waals surface area contributed by atoms with Gasteiger partial charge in [0.15, 0.2) is 17.7 Å². The van der Waals surface area contributed by atoms with Crippen molar-refractivity contribution < 1.29 is 80.5 Å². The van der Waals surface area contributed by atoms with Crippen LogP contribution < -0.4 is 35.9 Å². The highest BCUT2D eigenvalue weighted by Crippen LogP contribution is 2.56. The summed E-state index contributed by atoms with van der Waals surface area (Å²) in [5, 5.41) is 26.0. The molecule has 1 aliphatic heterocycles. The lowest BCUT2D eigenvalue weighted by Crippen LogP contribution is -2.46. The molecule has 0 aliphatic carbocycles. The average Bonchev–Trinajstić information content (AvgIpc) is 3.57. The summed E-state index contributed by atoms with van der Waals surface area (Å²) in [5.74, 6) is -1.56. The molecule has 6 N–H and O–H groups in total. The van der Waals surface area contributed by atoms with Crippen LogP contribution >= 0.6 is 23.5 Å². The first kappa shape index (κ1) is 42.6. The van der Waals surface area contributed by atoms with Crippen molar-refractivity contribution in [3.63, 3.8) is 0 Å². The van der Waals surface area contributed by atoms with Crippen molar-refractivity contribution in [2.24, 2.45) is 5.41 Å². The van der Waals surface area contributed by atoms with E-state index in [-0.39, 0.29) is 48.7 Å². The molecular weight excluding hydrogens is 751 g/mol. The number of hydrogen-bond donors (Lipinski definition) is 5. The minimum atomic E-state index is -5.90. The third-order valence-electron chi connectivity index (χ3n) is 7.08. The summed E-state index contributed by atoms with van der Waals surface area (Å²) >= 11 is 0. The highest BCUT2D eigenvalue weighted by atomic mass is 31.3. The largest absolute Gasteiger partial charge is 0.790 e. The first-order valence-electron chi connectivity index (χ1n) is 14.8. The van der Waals surface area contributed by atoms with Crippen molar-refractivity contribution in [3.8, 4) is 0 Å². The third kappa shape index (κ3) is 12.7. The second-order valence-corrected chi connectivity index (χ2v) is 15.9. The van der Waals surface area contributed by atoms with E-state index in [4.69, 9.17) is 10.5 Å². The molecule has 288 valence electrons. The Morgan fingerprint density at radius 1 is 1.06 bits per heavy atom. The summed E-state index contributed by atoms with van der Waals surface area (Å²) in [6.07, 6.45) is -6.82. The van der Waals surface area contributed by atoms with Crippen LogP contribution in [0.1, 0.15) is 46.3 Å². The topological polar surface area (TPSA) is 375 Å². The number of hydrogen-bond acceptors (Lipinski definition) is 21. The highest BCUT2D eigenvalue weighted by molar-refractivity contribution is 7.59. The zero-order valence-corrected chi connectivity index (χ0v) is 29.9. The smallest absolute Gasteiger partial charge is 0.274 e. The molecule has 1 saturated heterocycles. The molecule has 2 aromatic rings. The number of nitrogens with two attached hydrogens (primary N) is 1. The van der Waals surface area contributed by atoms with E-state index in [1.165, 1.54) is 20.8 Å². The number of aromatic nitrogens is 4. The molecule has 51 heavy (non-hydrogen) atoms. The molecule has 24 nitrogen and oxygen atoms in total. The molecule has 0 saturated carbocycles. The van der Waals surface area contributed by atoms with Crippen LogP contribution in [-0.4, -0.2) is 98.0 Å². The van der Waals surface area contributed by atoms with Gasteiger partial charge in [-0.1, -0.05) is 13.8 Å². The second kappa shape index (κ2) is 17.4. The van der Waals surface area contributed by atoms with E-state index in [9.17, 15) is 57.9 Å². The fourth-order valence-electron chi connectivity index (χ4n) is 4.48. The molecule has 0 bridgehead atoms. The van der Waals surface area contributed by atoms with E-state index in [2.05, 4.69) is 43.5 Å². The molecule has 2 unspecified atom stereocenters. The van der Waals surface area contributed by atoms with Gasteiger partial charge in [-0.05, 0) is 13.3 Å². The summed E-state index contributed by atoms with van der Waals surface area (Å²) in [4.78, 5) is 94.4. The lowest BCUT2D eigenvalue weighted by molar-refractivity contribution is -0.347. The molecule has 0 aromatic carbocycles. The number of ether oxygens (including phenoxy) is 1. The van der Waals surface area contributed by atoms with E-state index in [0.717, 1.165) is 17.2 Å². The van der Waals surface area contributed by atoms with Gasteiger partial charge in [0.25, 0.3) is 15.6 Å². The molecule has 7 atom stereocenters. The number of ketones is 1. The predicted molar refractivity (Wildman–Crippen MR) is 161 cm³/mol. The van der Waals surface area contributed by atoms with Crippen molar-refractivity contribution in [2.45, 2.75) is 70.7 Å². The number of fused-ring (bicyclic) bond motifs is 1. The van der Waals surface area contributed by atoms with Crippen LogP contribution in [0.25, 0.3) is 11.2 Å². The number of phosphoric acid groups is 3. The van der Waals surface area contributed by atoms with Crippen molar-refractivity contribution in [1.29, 1.82) is 0 Å². The fraction of sp³-hybridized carbons (Fsp3) is 0.667. The maximum Gasteiger partial charge on any atom is 0.274 e. The first-order chi connectivity index (χ1) is 23.5. The van der Waals surface area contributed by atoms with Gasteiger partial charge in [-0.15, -0.1) is 0 Å². The Kier molecular flexibility index (Phi) is 14.5. The fourth-order valence-corrected chi connectivity index (χ4v) is 7.22. The number of anilines is 1. The Morgan fingerprint density at radius 3 is 2.37 bits per heavy atom.